The Balaban J connectivity index is 1.87. The molecule has 0 aliphatic carbocycles. The number of hydrogen-bond donors (Lipinski definition) is 1. The summed E-state index contributed by atoms with van der Waals surface area (Å²) in [5.74, 6) is 1.48. The minimum atomic E-state index is -0.147. The predicted molar refractivity (Wildman–Crippen MR) is 85.6 cm³/mol. The zero-order valence-corrected chi connectivity index (χ0v) is 12.3. The van der Waals surface area contributed by atoms with Crippen LogP contribution in [0.15, 0.2) is 45.7 Å². The minimum absolute atomic E-state index is 0.147. The minimum Gasteiger partial charge on any atom is -0.457 e. The average molecular weight is 301 g/mol. The first-order valence-electron chi connectivity index (χ1n) is 6.03. The summed E-state index contributed by atoms with van der Waals surface area (Å²) in [7, 11) is 0. The normalized spacial score (nSPS) is 16.8. The molecule has 1 amide bonds. The summed E-state index contributed by atoms with van der Waals surface area (Å²) in [5, 5.41) is 2.43. The number of thioether (sulfide) groups is 1. The maximum Gasteiger partial charge on any atom is 0.289 e. The summed E-state index contributed by atoms with van der Waals surface area (Å²) in [5.41, 5.74) is 2.23. The standard InChI is InChI=1S/C15H11NO2S2/c1-9-2-4-10(5-3-9)12-7-6-11(18-12)8-13-14(19)16-15(17)20-13/h2-8H,1H3,(H,16,17,19). The molecule has 0 bridgehead atoms. The van der Waals surface area contributed by atoms with E-state index in [0.717, 1.165) is 28.0 Å². The maximum atomic E-state index is 11.2. The molecule has 3 rings (SSSR count). The van der Waals surface area contributed by atoms with E-state index in [4.69, 9.17) is 16.6 Å². The molecule has 3 nitrogen and oxygen atoms in total. The van der Waals surface area contributed by atoms with E-state index in [1.165, 1.54) is 5.56 Å². The molecule has 1 fully saturated rings. The number of nitrogens with one attached hydrogen (secondary N) is 1. The first-order chi connectivity index (χ1) is 9.61. The van der Waals surface area contributed by atoms with E-state index in [9.17, 15) is 4.79 Å². The van der Waals surface area contributed by atoms with Crippen molar-refractivity contribution in [3.63, 3.8) is 0 Å². The Labute approximate surface area is 126 Å². The van der Waals surface area contributed by atoms with Crippen molar-refractivity contribution < 1.29 is 9.21 Å². The number of carbonyl (C=O) groups is 1. The smallest absolute Gasteiger partial charge is 0.289 e. The van der Waals surface area contributed by atoms with E-state index in [-0.39, 0.29) is 5.24 Å². The van der Waals surface area contributed by atoms with Crippen LogP contribution in [0.1, 0.15) is 11.3 Å². The van der Waals surface area contributed by atoms with E-state index in [1.54, 1.807) is 6.08 Å². The first kappa shape index (κ1) is 13.1. The molecule has 1 aromatic heterocycles. The third-order valence-corrected chi connectivity index (χ3v) is 4.16. The van der Waals surface area contributed by atoms with Gasteiger partial charge in [0, 0.05) is 5.56 Å². The Bertz CT molecular complexity index is 714. The Kier molecular flexibility index (Phi) is 3.46. The van der Waals surface area contributed by atoms with Gasteiger partial charge < -0.3 is 9.73 Å². The number of benzene rings is 1. The van der Waals surface area contributed by atoms with Crippen LogP contribution in [0.25, 0.3) is 17.4 Å². The lowest BCUT2D eigenvalue weighted by Gasteiger charge is -1.97. The summed E-state index contributed by atoms with van der Waals surface area (Å²) in [6.45, 7) is 2.05. The second-order valence-electron chi connectivity index (χ2n) is 4.42. The molecule has 1 aromatic carbocycles. The molecule has 1 saturated heterocycles. The third-order valence-electron chi connectivity index (χ3n) is 2.88. The molecule has 5 heteroatoms. The molecule has 1 aliphatic heterocycles. The zero-order valence-electron chi connectivity index (χ0n) is 10.7. The number of thiocarbonyl (C=S) groups is 1. The van der Waals surface area contributed by atoms with Crippen LogP contribution in [0, 0.1) is 6.92 Å². The highest BCUT2D eigenvalue weighted by Crippen LogP contribution is 2.29. The molecule has 0 unspecified atom stereocenters. The fourth-order valence-electron chi connectivity index (χ4n) is 1.85. The molecule has 0 radical (unpaired) electrons. The predicted octanol–water partition coefficient (Wildman–Crippen LogP) is 4.38. The molecular formula is C15H11NO2S2. The van der Waals surface area contributed by atoms with Crippen molar-refractivity contribution in [2.45, 2.75) is 6.92 Å². The summed E-state index contributed by atoms with van der Waals surface area (Å²) in [6.07, 6.45) is 1.78. The molecule has 1 N–H and O–H groups in total. The highest BCUT2D eigenvalue weighted by molar-refractivity contribution is 8.19. The Hall–Kier alpha value is -1.85. The van der Waals surface area contributed by atoms with Crippen LogP contribution in [0.3, 0.4) is 0 Å². The molecule has 0 atom stereocenters. The second kappa shape index (κ2) is 5.26. The van der Waals surface area contributed by atoms with Gasteiger partial charge in [0.25, 0.3) is 5.24 Å². The van der Waals surface area contributed by atoms with Crippen molar-refractivity contribution in [1.29, 1.82) is 0 Å². The molecule has 0 spiro atoms. The van der Waals surface area contributed by atoms with Crippen LogP contribution >= 0.6 is 24.0 Å². The first-order valence-corrected chi connectivity index (χ1v) is 7.26. The van der Waals surface area contributed by atoms with Crippen LogP contribution in [-0.4, -0.2) is 10.2 Å². The van der Waals surface area contributed by atoms with E-state index in [0.29, 0.717) is 10.7 Å². The number of aryl methyl sites for hydroxylation is 1. The molecule has 1 aliphatic rings. The van der Waals surface area contributed by atoms with E-state index in [1.807, 2.05) is 43.3 Å². The fraction of sp³-hybridized carbons (Fsp3) is 0.0667. The van der Waals surface area contributed by atoms with Gasteiger partial charge in [-0.2, -0.15) is 0 Å². The Morgan fingerprint density at radius 1 is 1.20 bits per heavy atom. The van der Waals surface area contributed by atoms with Gasteiger partial charge in [-0.1, -0.05) is 42.0 Å². The van der Waals surface area contributed by atoms with Gasteiger partial charge in [0.2, 0.25) is 0 Å². The highest BCUT2D eigenvalue weighted by Gasteiger charge is 2.21. The van der Waals surface area contributed by atoms with Gasteiger partial charge in [0.05, 0.1) is 4.91 Å². The molecule has 2 aromatic rings. The monoisotopic (exact) mass is 301 g/mol. The van der Waals surface area contributed by atoms with Crippen molar-refractivity contribution in [3.8, 4) is 11.3 Å². The van der Waals surface area contributed by atoms with Crippen molar-refractivity contribution in [2.75, 3.05) is 0 Å². The average Bonchev–Trinajstić information content (AvgIpc) is 2.98. The van der Waals surface area contributed by atoms with E-state index < -0.39 is 0 Å². The van der Waals surface area contributed by atoms with Gasteiger partial charge >= 0.3 is 0 Å². The van der Waals surface area contributed by atoms with Gasteiger partial charge in [-0.3, -0.25) is 4.79 Å². The van der Waals surface area contributed by atoms with Crippen LogP contribution in [0.5, 0.6) is 0 Å². The largest absolute Gasteiger partial charge is 0.457 e. The summed E-state index contributed by atoms with van der Waals surface area (Å²) < 4.78 is 5.77. The van der Waals surface area contributed by atoms with Gasteiger partial charge in [-0.25, -0.2) is 0 Å². The second-order valence-corrected chi connectivity index (χ2v) is 5.84. The van der Waals surface area contributed by atoms with E-state index in [2.05, 4.69) is 5.32 Å². The lowest BCUT2D eigenvalue weighted by molar-refractivity contribution is 0.265. The maximum absolute atomic E-state index is 11.2. The Morgan fingerprint density at radius 2 is 1.95 bits per heavy atom. The van der Waals surface area contributed by atoms with Gasteiger partial charge in [-0.05, 0) is 36.9 Å². The lowest BCUT2D eigenvalue weighted by atomic mass is 10.1. The molecule has 20 heavy (non-hydrogen) atoms. The van der Waals surface area contributed by atoms with Gasteiger partial charge in [0.15, 0.2) is 0 Å². The third kappa shape index (κ3) is 2.69. The van der Waals surface area contributed by atoms with Crippen LogP contribution < -0.4 is 5.32 Å². The lowest BCUT2D eigenvalue weighted by Crippen LogP contribution is -2.15. The topological polar surface area (TPSA) is 42.2 Å². The Morgan fingerprint density at radius 3 is 2.60 bits per heavy atom. The summed E-state index contributed by atoms with van der Waals surface area (Å²) >= 11 is 6.15. The number of rotatable bonds is 2. The molecule has 0 saturated carbocycles. The summed E-state index contributed by atoms with van der Waals surface area (Å²) in [6, 6.07) is 11.9. The van der Waals surface area contributed by atoms with Crippen LogP contribution in [-0.2, 0) is 0 Å². The van der Waals surface area contributed by atoms with E-state index >= 15 is 0 Å². The number of furan rings is 1. The molecular weight excluding hydrogens is 290 g/mol. The fourth-order valence-corrected chi connectivity index (χ4v) is 2.87. The summed E-state index contributed by atoms with van der Waals surface area (Å²) in [4.78, 5) is 12.4. The quantitative estimate of drug-likeness (QED) is 0.660. The number of hydrogen-bond acceptors (Lipinski definition) is 4. The number of amides is 1. The SMILES string of the molecule is Cc1ccc(-c2ccc(C=C3SC(=O)NC3=S)o2)cc1. The zero-order chi connectivity index (χ0) is 14.1. The molecule has 2 heterocycles. The number of carbonyl (C=O) groups excluding carboxylic acids is 1. The molecule has 100 valence electrons. The van der Waals surface area contributed by atoms with Crippen molar-refractivity contribution in [3.05, 3.63) is 52.6 Å². The van der Waals surface area contributed by atoms with Gasteiger partial charge in [-0.15, -0.1) is 0 Å². The van der Waals surface area contributed by atoms with Crippen molar-refractivity contribution in [1.82, 2.24) is 5.32 Å². The van der Waals surface area contributed by atoms with Crippen molar-refractivity contribution >= 4 is 40.3 Å². The highest BCUT2D eigenvalue weighted by atomic mass is 32.2. The van der Waals surface area contributed by atoms with Crippen LogP contribution in [0.4, 0.5) is 4.79 Å². The van der Waals surface area contributed by atoms with Crippen molar-refractivity contribution in [2.24, 2.45) is 0 Å². The van der Waals surface area contributed by atoms with Crippen LogP contribution in [0.2, 0.25) is 0 Å². The van der Waals surface area contributed by atoms with Gasteiger partial charge in [0.1, 0.15) is 16.5 Å².